The van der Waals surface area contributed by atoms with Gasteiger partial charge in [-0.25, -0.2) is 4.98 Å². The molecule has 2 aromatic heterocycles. The molecule has 104 valence electrons. The molecule has 3 heterocycles. The van der Waals surface area contributed by atoms with Crippen LogP contribution in [0.4, 0.5) is 5.82 Å². The molecule has 0 unspecified atom stereocenters. The summed E-state index contributed by atoms with van der Waals surface area (Å²) in [5.74, 6) is 0.613. The van der Waals surface area contributed by atoms with Crippen LogP contribution in [0.1, 0.15) is 17.7 Å². The van der Waals surface area contributed by atoms with E-state index >= 15 is 0 Å². The number of rotatable bonds is 3. The van der Waals surface area contributed by atoms with Crippen LogP contribution in [0.3, 0.4) is 0 Å². The molecule has 3 rings (SSSR count). The molecular formula is C15H16N2O2S. The lowest BCUT2D eigenvalue weighted by atomic mass is 9.78. The van der Waals surface area contributed by atoms with E-state index in [1.165, 1.54) is 0 Å². The van der Waals surface area contributed by atoms with E-state index < -0.39 is 5.41 Å². The van der Waals surface area contributed by atoms with E-state index in [0.29, 0.717) is 31.9 Å². The highest BCUT2D eigenvalue weighted by Crippen LogP contribution is 2.38. The van der Waals surface area contributed by atoms with Crippen molar-refractivity contribution in [3.63, 3.8) is 0 Å². The number of pyridine rings is 1. The number of hydrogen-bond donors (Lipinski definition) is 1. The average Bonchev–Trinajstić information content (AvgIpc) is 3.04. The molecule has 1 saturated heterocycles. The van der Waals surface area contributed by atoms with Crippen LogP contribution in [0.2, 0.25) is 0 Å². The number of carbonyl (C=O) groups excluding carboxylic acids is 1. The molecule has 0 aliphatic carbocycles. The van der Waals surface area contributed by atoms with Gasteiger partial charge in [0.05, 0.1) is 5.41 Å². The van der Waals surface area contributed by atoms with Gasteiger partial charge in [0.25, 0.3) is 0 Å². The summed E-state index contributed by atoms with van der Waals surface area (Å²) in [4.78, 5) is 18.1. The second-order valence-corrected chi connectivity index (χ2v) is 5.79. The van der Waals surface area contributed by atoms with Crippen molar-refractivity contribution < 1.29 is 9.53 Å². The lowest BCUT2D eigenvalue weighted by Gasteiger charge is -2.34. The first-order chi connectivity index (χ1) is 9.81. The number of nitrogens with zero attached hydrogens (tertiary/aromatic N) is 1. The van der Waals surface area contributed by atoms with E-state index in [-0.39, 0.29) is 5.91 Å². The SMILES string of the molecule is O=C(Nc1ccccn1)C1(c2cccs2)CCOCC1. The van der Waals surface area contributed by atoms with E-state index in [2.05, 4.69) is 10.3 Å². The highest BCUT2D eigenvalue weighted by molar-refractivity contribution is 7.10. The van der Waals surface area contributed by atoms with Crippen molar-refractivity contribution >= 4 is 23.1 Å². The minimum absolute atomic E-state index is 0.0157. The topological polar surface area (TPSA) is 51.2 Å². The molecule has 5 heteroatoms. The first kappa shape index (κ1) is 13.3. The van der Waals surface area contributed by atoms with Gasteiger partial charge in [0, 0.05) is 24.3 Å². The van der Waals surface area contributed by atoms with E-state index in [4.69, 9.17) is 4.74 Å². The van der Waals surface area contributed by atoms with Crippen LogP contribution < -0.4 is 5.32 Å². The monoisotopic (exact) mass is 288 g/mol. The lowest BCUT2D eigenvalue weighted by Crippen LogP contribution is -2.44. The summed E-state index contributed by atoms with van der Waals surface area (Å²) in [5, 5.41) is 4.96. The molecule has 1 fully saturated rings. The van der Waals surface area contributed by atoms with Crippen LogP contribution in [0.5, 0.6) is 0 Å². The summed E-state index contributed by atoms with van der Waals surface area (Å²) < 4.78 is 5.43. The van der Waals surface area contributed by atoms with Crippen molar-refractivity contribution in [3.05, 3.63) is 46.8 Å². The summed E-state index contributed by atoms with van der Waals surface area (Å²) in [5.41, 5.74) is -0.482. The van der Waals surface area contributed by atoms with Crippen LogP contribution >= 0.6 is 11.3 Å². The molecule has 1 N–H and O–H groups in total. The quantitative estimate of drug-likeness (QED) is 0.945. The Hall–Kier alpha value is -1.72. The minimum atomic E-state index is -0.482. The number of anilines is 1. The van der Waals surface area contributed by atoms with Gasteiger partial charge in [0.2, 0.25) is 5.91 Å². The van der Waals surface area contributed by atoms with Crippen molar-refractivity contribution in [2.24, 2.45) is 0 Å². The van der Waals surface area contributed by atoms with Gasteiger partial charge in [-0.1, -0.05) is 12.1 Å². The van der Waals surface area contributed by atoms with Crippen LogP contribution in [0, 0.1) is 0 Å². The van der Waals surface area contributed by atoms with Gasteiger partial charge >= 0.3 is 0 Å². The number of hydrogen-bond acceptors (Lipinski definition) is 4. The Morgan fingerprint density at radius 3 is 2.75 bits per heavy atom. The van der Waals surface area contributed by atoms with Gasteiger partial charge in [0.1, 0.15) is 5.82 Å². The van der Waals surface area contributed by atoms with Crippen LogP contribution in [0.25, 0.3) is 0 Å². The van der Waals surface area contributed by atoms with E-state index in [1.54, 1.807) is 23.6 Å². The second-order valence-electron chi connectivity index (χ2n) is 4.84. The Morgan fingerprint density at radius 1 is 1.25 bits per heavy atom. The Bertz CT molecular complexity index is 563. The van der Waals surface area contributed by atoms with Crippen molar-refractivity contribution in [1.29, 1.82) is 0 Å². The van der Waals surface area contributed by atoms with Gasteiger partial charge < -0.3 is 10.1 Å². The van der Waals surface area contributed by atoms with Crippen LogP contribution in [-0.2, 0) is 14.9 Å². The molecule has 0 spiro atoms. The predicted molar refractivity (Wildman–Crippen MR) is 78.9 cm³/mol. The molecular weight excluding hydrogens is 272 g/mol. The van der Waals surface area contributed by atoms with E-state index in [0.717, 1.165) is 4.88 Å². The minimum Gasteiger partial charge on any atom is -0.381 e. The van der Waals surface area contributed by atoms with E-state index in [9.17, 15) is 4.79 Å². The zero-order valence-corrected chi connectivity index (χ0v) is 11.9. The Balaban J connectivity index is 1.88. The molecule has 4 nitrogen and oxygen atoms in total. The zero-order valence-electron chi connectivity index (χ0n) is 11.0. The third kappa shape index (κ3) is 2.46. The third-order valence-corrected chi connectivity index (χ3v) is 4.75. The van der Waals surface area contributed by atoms with Crippen molar-refractivity contribution in [2.45, 2.75) is 18.3 Å². The molecule has 0 aromatic carbocycles. The molecule has 0 atom stereocenters. The number of aromatic nitrogens is 1. The Morgan fingerprint density at radius 2 is 2.10 bits per heavy atom. The fourth-order valence-electron chi connectivity index (χ4n) is 2.53. The number of ether oxygens (including phenoxy) is 1. The molecule has 1 aliphatic rings. The fourth-order valence-corrected chi connectivity index (χ4v) is 3.51. The van der Waals surface area contributed by atoms with Crippen molar-refractivity contribution in [1.82, 2.24) is 4.98 Å². The standard InChI is InChI=1S/C15H16N2O2S/c18-14(17-13-5-1-2-8-16-13)15(6-9-19-10-7-15)12-4-3-11-20-12/h1-5,8,11H,6-7,9-10H2,(H,16,17,18). The Labute approximate surface area is 121 Å². The first-order valence-corrected chi connectivity index (χ1v) is 7.53. The molecule has 2 aromatic rings. The van der Waals surface area contributed by atoms with Gasteiger partial charge in [-0.2, -0.15) is 0 Å². The van der Waals surface area contributed by atoms with Gasteiger partial charge in [-0.15, -0.1) is 11.3 Å². The van der Waals surface area contributed by atoms with Crippen molar-refractivity contribution in [3.8, 4) is 0 Å². The lowest BCUT2D eigenvalue weighted by molar-refractivity contribution is -0.125. The van der Waals surface area contributed by atoms with Gasteiger partial charge in [-0.3, -0.25) is 4.79 Å². The van der Waals surface area contributed by atoms with E-state index in [1.807, 2.05) is 29.6 Å². The highest BCUT2D eigenvalue weighted by Gasteiger charge is 2.42. The number of nitrogens with one attached hydrogen (secondary N) is 1. The summed E-state index contributed by atoms with van der Waals surface area (Å²) in [6, 6.07) is 9.53. The fraction of sp³-hybridized carbons (Fsp3) is 0.333. The molecule has 0 bridgehead atoms. The number of carbonyl (C=O) groups is 1. The summed E-state index contributed by atoms with van der Waals surface area (Å²) in [6.45, 7) is 1.24. The first-order valence-electron chi connectivity index (χ1n) is 6.65. The smallest absolute Gasteiger partial charge is 0.237 e. The maximum Gasteiger partial charge on any atom is 0.237 e. The van der Waals surface area contributed by atoms with Gasteiger partial charge in [0.15, 0.2) is 0 Å². The largest absolute Gasteiger partial charge is 0.381 e. The third-order valence-electron chi connectivity index (χ3n) is 3.68. The maximum atomic E-state index is 12.8. The van der Waals surface area contributed by atoms with Gasteiger partial charge in [-0.05, 0) is 36.4 Å². The maximum absolute atomic E-state index is 12.8. The molecule has 20 heavy (non-hydrogen) atoms. The molecule has 1 aliphatic heterocycles. The highest BCUT2D eigenvalue weighted by atomic mass is 32.1. The summed E-state index contributed by atoms with van der Waals surface area (Å²) in [6.07, 6.45) is 3.11. The normalized spacial score (nSPS) is 17.6. The zero-order chi connectivity index (χ0) is 13.8. The summed E-state index contributed by atoms with van der Waals surface area (Å²) in [7, 11) is 0. The van der Waals surface area contributed by atoms with Crippen molar-refractivity contribution in [2.75, 3.05) is 18.5 Å². The second kappa shape index (κ2) is 5.73. The number of thiophene rings is 1. The Kier molecular flexibility index (Phi) is 3.80. The number of amides is 1. The van der Waals surface area contributed by atoms with Crippen LogP contribution in [-0.4, -0.2) is 24.1 Å². The summed E-state index contributed by atoms with van der Waals surface area (Å²) >= 11 is 1.63. The van der Waals surface area contributed by atoms with Crippen LogP contribution in [0.15, 0.2) is 41.9 Å². The molecule has 0 saturated carbocycles. The molecule has 0 radical (unpaired) electrons. The molecule has 1 amide bonds. The predicted octanol–water partition coefficient (Wildman–Crippen LogP) is 2.83. The average molecular weight is 288 g/mol.